The standard InChI is InChI=1S/C20H34N2O4/c1-7-17(14-21-4)22(15(2)3)20(23)16-9-10-18(25-6)19(13-16)26-12-8-11-24-5/h9-10,13,15,17,21H,7-8,11-12,14H2,1-6H3/t17-/m1/s1. The van der Waals surface area contributed by atoms with Gasteiger partial charge in [0.05, 0.1) is 13.7 Å². The van der Waals surface area contributed by atoms with Crippen molar-refractivity contribution >= 4 is 5.91 Å². The van der Waals surface area contributed by atoms with Gasteiger partial charge in [-0.25, -0.2) is 0 Å². The third-order valence-electron chi connectivity index (χ3n) is 4.26. The molecule has 0 spiro atoms. The highest BCUT2D eigenvalue weighted by Gasteiger charge is 2.26. The first kappa shape index (κ1) is 22.3. The normalized spacial score (nSPS) is 12.1. The second-order valence-electron chi connectivity index (χ2n) is 6.49. The van der Waals surface area contributed by atoms with Gasteiger partial charge in [0.1, 0.15) is 0 Å². The van der Waals surface area contributed by atoms with Crippen molar-refractivity contribution in [1.29, 1.82) is 0 Å². The number of carbonyl (C=O) groups excluding carboxylic acids is 1. The predicted molar refractivity (Wildman–Crippen MR) is 104 cm³/mol. The van der Waals surface area contributed by atoms with Crippen LogP contribution in [0.15, 0.2) is 18.2 Å². The van der Waals surface area contributed by atoms with Gasteiger partial charge in [-0.1, -0.05) is 6.92 Å². The van der Waals surface area contributed by atoms with E-state index in [9.17, 15) is 4.79 Å². The molecule has 0 aliphatic rings. The van der Waals surface area contributed by atoms with Crippen molar-refractivity contribution in [2.45, 2.75) is 45.7 Å². The summed E-state index contributed by atoms with van der Waals surface area (Å²) >= 11 is 0. The van der Waals surface area contributed by atoms with E-state index in [0.717, 1.165) is 19.4 Å². The van der Waals surface area contributed by atoms with Gasteiger partial charge in [-0.15, -0.1) is 0 Å². The van der Waals surface area contributed by atoms with Crippen LogP contribution in [0.4, 0.5) is 0 Å². The first-order valence-electron chi connectivity index (χ1n) is 9.27. The maximum Gasteiger partial charge on any atom is 0.254 e. The van der Waals surface area contributed by atoms with Crippen molar-refractivity contribution in [2.75, 3.05) is 41.0 Å². The molecule has 1 rings (SSSR count). The molecule has 1 atom stereocenters. The lowest BCUT2D eigenvalue weighted by Crippen LogP contribution is -2.48. The number of hydrogen-bond donors (Lipinski definition) is 1. The maximum absolute atomic E-state index is 13.2. The molecule has 0 saturated heterocycles. The molecule has 6 nitrogen and oxygen atoms in total. The molecule has 26 heavy (non-hydrogen) atoms. The van der Waals surface area contributed by atoms with Gasteiger partial charge in [-0.05, 0) is 45.5 Å². The Morgan fingerprint density at radius 3 is 2.46 bits per heavy atom. The fourth-order valence-corrected chi connectivity index (χ4v) is 2.95. The van der Waals surface area contributed by atoms with Crippen LogP contribution in [-0.2, 0) is 4.74 Å². The number of likely N-dealkylation sites (N-methyl/N-ethyl adjacent to an activating group) is 1. The summed E-state index contributed by atoms with van der Waals surface area (Å²) in [7, 11) is 5.17. The minimum Gasteiger partial charge on any atom is -0.493 e. The van der Waals surface area contributed by atoms with Crippen LogP contribution in [0.25, 0.3) is 0 Å². The zero-order valence-electron chi connectivity index (χ0n) is 17.0. The number of methoxy groups -OCH3 is 2. The highest BCUT2D eigenvalue weighted by Crippen LogP contribution is 2.29. The molecule has 0 unspecified atom stereocenters. The number of hydrogen-bond acceptors (Lipinski definition) is 5. The second kappa shape index (κ2) is 11.8. The fraction of sp³-hybridized carbons (Fsp3) is 0.650. The molecule has 6 heteroatoms. The number of nitrogens with zero attached hydrogens (tertiary/aromatic N) is 1. The average molecular weight is 367 g/mol. The van der Waals surface area contributed by atoms with Crippen molar-refractivity contribution in [3.05, 3.63) is 23.8 Å². The third kappa shape index (κ3) is 6.18. The first-order valence-corrected chi connectivity index (χ1v) is 9.27. The van der Waals surface area contributed by atoms with Gasteiger partial charge in [0.25, 0.3) is 5.91 Å². The molecule has 1 aromatic rings. The smallest absolute Gasteiger partial charge is 0.254 e. The van der Waals surface area contributed by atoms with E-state index < -0.39 is 0 Å². The molecule has 0 bridgehead atoms. The highest BCUT2D eigenvalue weighted by atomic mass is 16.5. The van der Waals surface area contributed by atoms with E-state index in [1.165, 1.54) is 0 Å². The van der Waals surface area contributed by atoms with E-state index in [2.05, 4.69) is 12.2 Å². The lowest BCUT2D eigenvalue weighted by Gasteiger charge is -2.35. The van der Waals surface area contributed by atoms with E-state index in [0.29, 0.717) is 30.3 Å². The van der Waals surface area contributed by atoms with Crippen LogP contribution in [0.5, 0.6) is 11.5 Å². The molecule has 0 aromatic heterocycles. The largest absolute Gasteiger partial charge is 0.493 e. The summed E-state index contributed by atoms with van der Waals surface area (Å²) in [6.45, 7) is 8.08. The summed E-state index contributed by atoms with van der Waals surface area (Å²) < 4.78 is 16.2. The van der Waals surface area contributed by atoms with Gasteiger partial charge in [0, 0.05) is 44.3 Å². The zero-order valence-corrected chi connectivity index (χ0v) is 17.0. The van der Waals surface area contributed by atoms with Crippen LogP contribution >= 0.6 is 0 Å². The number of ether oxygens (including phenoxy) is 3. The summed E-state index contributed by atoms with van der Waals surface area (Å²) in [5.41, 5.74) is 0.607. The Balaban J connectivity index is 3.04. The summed E-state index contributed by atoms with van der Waals surface area (Å²) in [5, 5.41) is 3.18. The van der Waals surface area contributed by atoms with Crippen LogP contribution in [0.1, 0.15) is 44.0 Å². The molecule has 0 aliphatic carbocycles. The molecular formula is C20H34N2O4. The van der Waals surface area contributed by atoms with Gasteiger partial charge in [0.2, 0.25) is 0 Å². The average Bonchev–Trinajstić information content (AvgIpc) is 2.64. The number of carbonyl (C=O) groups is 1. The lowest BCUT2D eigenvalue weighted by molar-refractivity contribution is 0.0602. The van der Waals surface area contributed by atoms with Gasteiger partial charge >= 0.3 is 0 Å². The third-order valence-corrected chi connectivity index (χ3v) is 4.26. The van der Waals surface area contributed by atoms with E-state index >= 15 is 0 Å². The van der Waals surface area contributed by atoms with Crippen LogP contribution in [0.2, 0.25) is 0 Å². The van der Waals surface area contributed by atoms with Crippen molar-refractivity contribution in [3.8, 4) is 11.5 Å². The molecule has 0 heterocycles. The van der Waals surface area contributed by atoms with Gasteiger partial charge in [-0.3, -0.25) is 4.79 Å². The Kier molecular flexibility index (Phi) is 10.1. The minimum atomic E-state index is 0.00601. The molecule has 1 aromatic carbocycles. The van der Waals surface area contributed by atoms with Crippen LogP contribution in [-0.4, -0.2) is 63.9 Å². The number of rotatable bonds is 12. The first-order chi connectivity index (χ1) is 12.5. The van der Waals surface area contributed by atoms with Gasteiger partial charge in [0.15, 0.2) is 11.5 Å². The quantitative estimate of drug-likeness (QED) is 0.576. The van der Waals surface area contributed by atoms with Gasteiger partial charge < -0.3 is 24.4 Å². The Morgan fingerprint density at radius 2 is 1.92 bits per heavy atom. The molecule has 148 valence electrons. The van der Waals surface area contributed by atoms with E-state index in [1.54, 1.807) is 32.4 Å². The molecule has 0 radical (unpaired) electrons. The van der Waals surface area contributed by atoms with Crippen LogP contribution in [0, 0.1) is 0 Å². The molecule has 0 saturated carbocycles. The van der Waals surface area contributed by atoms with Crippen molar-refractivity contribution in [2.24, 2.45) is 0 Å². The fourth-order valence-electron chi connectivity index (χ4n) is 2.95. The lowest BCUT2D eigenvalue weighted by atomic mass is 10.1. The highest BCUT2D eigenvalue weighted by molar-refractivity contribution is 5.95. The van der Waals surface area contributed by atoms with E-state index in [1.807, 2.05) is 25.8 Å². The molecule has 1 amide bonds. The topological polar surface area (TPSA) is 60.0 Å². The van der Waals surface area contributed by atoms with Crippen molar-refractivity contribution < 1.29 is 19.0 Å². The Bertz CT molecular complexity index is 549. The van der Waals surface area contributed by atoms with Crippen LogP contribution in [0.3, 0.4) is 0 Å². The van der Waals surface area contributed by atoms with E-state index in [4.69, 9.17) is 14.2 Å². The Labute approximate surface area is 157 Å². The van der Waals surface area contributed by atoms with Crippen molar-refractivity contribution in [1.82, 2.24) is 10.2 Å². The van der Waals surface area contributed by atoms with Crippen molar-refractivity contribution in [3.63, 3.8) is 0 Å². The number of benzene rings is 1. The monoisotopic (exact) mass is 366 g/mol. The van der Waals surface area contributed by atoms with Crippen LogP contribution < -0.4 is 14.8 Å². The number of nitrogens with one attached hydrogen (secondary N) is 1. The predicted octanol–water partition coefficient (Wildman–Crippen LogP) is 2.96. The van der Waals surface area contributed by atoms with E-state index in [-0.39, 0.29) is 18.0 Å². The molecule has 1 N–H and O–H groups in total. The van der Waals surface area contributed by atoms with Gasteiger partial charge in [-0.2, -0.15) is 0 Å². The molecular weight excluding hydrogens is 332 g/mol. The Hall–Kier alpha value is -1.79. The number of amides is 1. The SMILES string of the molecule is CC[C@H](CNC)N(C(=O)c1ccc(OC)c(OCCCOC)c1)C(C)C. The summed E-state index contributed by atoms with van der Waals surface area (Å²) in [4.78, 5) is 15.1. The Morgan fingerprint density at radius 1 is 1.19 bits per heavy atom. The summed E-state index contributed by atoms with van der Waals surface area (Å²) in [5.74, 6) is 1.21. The maximum atomic E-state index is 13.2. The second-order valence-corrected chi connectivity index (χ2v) is 6.49. The summed E-state index contributed by atoms with van der Waals surface area (Å²) in [6.07, 6.45) is 1.66. The minimum absolute atomic E-state index is 0.00601. The summed E-state index contributed by atoms with van der Waals surface area (Å²) in [6, 6.07) is 5.60. The zero-order chi connectivity index (χ0) is 19.5. The molecule has 0 aliphatic heterocycles. The molecule has 0 fully saturated rings.